The fourth-order valence-electron chi connectivity index (χ4n) is 2.62. The summed E-state index contributed by atoms with van der Waals surface area (Å²) in [6, 6.07) is 4.27. The molecule has 8 heteroatoms. The number of carbonyl (C=O) groups is 1. The molecular weight excluding hydrogens is 330 g/mol. The van der Waals surface area contributed by atoms with Crippen molar-refractivity contribution in [2.45, 2.75) is 31.2 Å². The fourth-order valence-corrected chi connectivity index (χ4v) is 4.07. The van der Waals surface area contributed by atoms with E-state index in [1.807, 2.05) is 0 Å². The second kappa shape index (κ2) is 7.96. The van der Waals surface area contributed by atoms with Gasteiger partial charge < -0.3 is 15.0 Å². The molecule has 0 saturated carbocycles. The largest absolute Gasteiger partial charge is 0.495 e. The average molecular weight is 355 g/mol. The van der Waals surface area contributed by atoms with Crippen molar-refractivity contribution >= 4 is 15.9 Å². The van der Waals surface area contributed by atoms with E-state index in [2.05, 4.69) is 10.0 Å². The van der Waals surface area contributed by atoms with Gasteiger partial charge in [0.15, 0.2) is 0 Å². The molecule has 134 valence electrons. The number of benzene rings is 1. The van der Waals surface area contributed by atoms with Gasteiger partial charge >= 0.3 is 0 Å². The minimum atomic E-state index is -3.75. The Bertz CT molecular complexity index is 681. The Morgan fingerprint density at radius 3 is 2.71 bits per heavy atom. The molecule has 0 unspecified atom stereocenters. The zero-order valence-electron chi connectivity index (χ0n) is 14.3. The first-order valence-corrected chi connectivity index (χ1v) is 9.54. The number of amides is 1. The van der Waals surface area contributed by atoms with Crippen LogP contribution in [0.3, 0.4) is 0 Å². The molecule has 1 saturated heterocycles. The van der Waals surface area contributed by atoms with Crippen molar-refractivity contribution in [2.24, 2.45) is 0 Å². The first-order valence-electron chi connectivity index (χ1n) is 8.05. The van der Waals surface area contributed by atoms with Crippen molar-refractivity contribution in [3.8, 4) is 5.75 Å². The monoisotopic (exact) mass is 355 g/mol. The van der Waals surface area contributed by atoms with Crippen LogP contribution in [0.15, 0.2) is 23.1 Å². The molecule has 1 aromatic carbocycles. The van der Waals surface area contributed by atoms with E-state index >= 15 is 0 Å². The summed E-state index contributed by atoms with van der Waals surface area (Å²) in [5, 5.41) is 3.24. The van der Waals surface area contributed by atoms with Crippen molar-refractivity contribution < 1.29 is 17.9 Å². The summed E-state index contributed by atoms with van der Waals surface area (Å²) in [6.45, 7) is 6.36. The number of nitrogens with zero attached hydrogens (tertiary/aromatic N) is 1. The van der Waals surface area contributed by atoms with Crippen molar-refractivity contribution in [3.63, 3.8) is 0 Å². The van der Waals surface area contributed by atoms with E-state index in [1.165, 1.54) is 19.2 Å². The van der Waals surface area contributed by atoms with Crippen molar-refractivity contribution in [2.75, 3.05) is 33.3 Å². The maximum absolute atomic E-state index is 12.7. The zero-order valence-corrected chi connectivity index (χ0v) is 15.1. The molecule has 24 heavy (non-hydrogen) atoms. The molecule has 0 spiro atoms. The number of hydrogen-bond acceptors (Lipinski definition) is 5. The van der Waals surface area contributed by atoms with Crippen molar-refractivity contribution in [1.29, 1.82) is 0 Å². The number of ether oxygens (including phenoxy) is 1. The van der Waals surface area contributed by atoms with Gasteiger partial charge in [-0.2, -0.15) is 0 Å². The number of carbonyl (C=O) groups excluding carboxylic acids is 1. The standard InChI is InChI=1S/C16H25N3O4S/c1-12(2)18-24(21,22)15-11-13(5-6-14(15)23-3)16(20)19-9-4-7-17-8-10-19/h5-6,11-12,17-18H,4,7-10H2,1-3H3. The Morgan fingerprint density at radius 1 is 1.29 bits per heavy atom. The lowest BCUT2D eigenvalue weighted by Crippen LogP contribution is -2.34. The minimum absolute atomic E-state index is 0.0162. The summed E-state index contributed by atoms with van der Waals surface area (Å²) in [4.78, 5) is 14.4. The molecule has 1 heterocycles. The first kappa shape index (κ1) is 18.7. The summed E-state index contributed by atoms with van der Waals surface area (Å²) in [7, 11) is -2.35. The van der Waals surface area contributed by atoms with Crippen molar-refractivity contribution in [1.82, 2.24) is 14.9 Å². The third-order valence-corrected chi connectivity index (χ3v) is 5.40. The SMILES string of the molecule is COc1ccc(C(=O)N2CCCNCC2)cc1S(=O)(=O)NC(C)C. The summed E-state index contributed by atoms with van der Waals surface area (Å²) in [6.07, 6.45) is 0.877. The molecular formula is C16H25N3O4S. The molecule has 2 rings (SSSR count). The number of methoxy groups -OCH3 is 1. The highest BCUT2D eigenvalue weighted by Crippen LogP contribution is 2.25. The molecule has 7 nitrogen and oxygen atoms in total. The minimum Gasteiger partial charge on any atom is -0.495 e. The van der Waals surface area contributed by atoms with Gasteiger partial charge in [0.05, 0.1) is 7.11 Å². The smallest absolute Gasteiger partial charge is 0.253 e. The van der Waals surface area contributed by atoms with Crippen LogP contribution in [-0.4, -0.2) is 58.6 Å². The van der Waals surface area contributed by atoms with Crippen LogP contribution >= 0.6 is 0 Å². The van der Waals surface area contributed by atoms with Gasteiger partial charge in [-0.05, 0) is 45.0 Å². The van der Waals surface area contributed by atoms with Gasteiger partial charge in [0.2, 0.25) is 10.0 Å². The van der Waals surface area contributed by atoms with Gasteiger partial charge in [0.1, 0.15) is 10.6 Å². The van der Waals surface area contributed by atoms with Gasteiger partial charge in [-0.1, -0.05) is 0 Å². The van der Waals surface area contributed by atoms with Crippen LogP contribution in [0.4, 0.5) is 0 Å². The molecule has 2 N–H and O–H groups in total. The van der Waals surface area contributed by atoms with E-state index in [0.29, 0.717) is 18.7 Å². The molecule has 1 fully saturated rings. The third kappa shape index (κ3) is 4.46. The number of nitrogens with one attached hydrogen (secondary N) is 2. The molecule has 0 bridgehead atoms. The lowest BCUT2D eigenvalue weighted by atomic mass is 10.2. The number of hydrogen-bond donors (Lipinski definition) is 2. The molecule has 0 aliphatic carbocycles. The van der Waals surface area contributed by atoms with E-state index < -0.39 is 10.0 Å². The molecule has 1 aliphatic heterocycles. The summed E-state index contributed by atoms with van der Waals surface area (Å²) < 4.78 is 32.7. The lowest BCUT2D eigenvalue weighted by molar-refractivity contribution is 0.0766. The predicted molar refractivity (Wildman–Crippen MR) is 91.8 cm³/mol. The average Bonchev–Trinajstić information content (AvgIpc) is 2.81. The Kier molecular flexibility index (Phi) is 6.20. The topological polar surface area (TPSA) is 87.7 Å². The van der Waals surface area contributed by atoms with Crippen LogP contribution in [0.2, 0.25) is 0 Å². The van der Waals surface area contributed by atoms with Gasteiger partial charge in [0, 0.05) is 31.2 Å². The van der Waals surface area contributed by atoms with Crippen LogP contribution in [0, 0.1) is 0 Å². The Labute approximate surface area is 143 Å². The highest BCUT2D eigenvalue weighted by molar-refractivity contribution is 7.89. The number of sulfonamides is 1. The maximum atomic E-state index is 12.7. The summed E-state index contributed by atoms with van der Waals surface area (Å²) >= 11 is 0. The van der Waals surface area contributed by atoms with E-state index in [4.69, 9.17) is 4.74 Å². The van der Waals surface area contributed by atoms with Crippen LogP contribution in [0.1, 0.15) is 30.6 Å². The highest BCUT2D eigenvalue weighted by atomic mass is 32.2. The summed E-state index contributed by atoms with van der Waals surface area (Å²) in [5.74, 6) is 0.0552. The molecule has 0 atom stereocenters. The summed E-state index contributed by atoms with van der Waals surface area (Å²) in [5.41, 5.74) is 0.349. The fraction of sp³-hybridized carbons (Fsp3) is 0.562. The Hall–Kier alpha value is -1.64. The van der Waals surface area contributed by atoms with Crippen LogP contribution in [0.25, 0.3) is 0 Å². The van der Waals surface area contributed by atoms with Crippen molar-refractivity contribution in [3.05, 3.63) is 23.8 Å². The second-order valence-electron chi connectivity index (χ2n) is 6.04. The quantitative estimate of drug-likeness (QED) is 0.816. The third-order valence-electron chi connectivity index (χ3n) is 3.72. The first-order chi connectivity index (χ1) is 11.3. The Morgan fingerprint density at radius 2 is 2.04 bits per heavy atom. The van der Waals surface area contributed by atoms with E-state index in [1.54, 1.807) is 24.8 Å². The zero-order chi connectivity index (χ0) is 17.7. The second-order valence-corrected chi connectivity index (χ2v) is 7.72. The van der Waals surface area contributed by atoms with E-state index in [0.717, 1.165) is 19.5 Å². The van der Waals surface area contributed by atoms with E-state index in [9.17, 15) is 13.2 Å². The van der Waals surface area contributed by atoms with Crippen LogP contribution in [-0.2, 0) is 10.0 Å². The van der Waals surface area contributed by atoms with Crippen LogP contribution in [0.5, 0.6) is 5.75 Å². The molecule has 1 aliphatic rings. The highest BCUT2D eigenvalue weighted by Gasteiger charge is 2.24. The van der Waals surface area contributed by atoms with E-state index in [-0.39, 0.29) is 22.6 Å². The predicted octanol–water partition coefficient (Wildman–Crippen LogP) is 0.817. The van der Waals surface area contributed by atoms with Gasteiger partial charge in [-0.25, -0.2) is 13.1 Å². The van der Waals surface area contributed by atoms with Crippen LogP contribution < -0.4 is 14.8 Å². The molecule has 1 aromatic rings. The van der Waals surface area contributed by atoms with Gasteiger partial charge in [-0.15, -0.1) is 0 Å². The van der Waals surface area contributed by atoms with Gasteiger partial charge in [0.25, 0.3) is 5.91 Å². The Balaban J connectivity index is 2.35. The molecule has 0 radical (unpaired) electrons. The maximum Gasteiger partial charge on any atom is 0.253 e. The molecule has 0 aromatic heterocycles. The van der Waals surface area contributed by atoms with Gasteiger partial charge in [-0.3, -0.25) is 4.79 Å². The number of rotatable bonds is 5. The normalized spacial score (nSPS) is 16.1. The molecule has 1 amide bonds. The lowest BCUT2D eigenvalue weighted by Gasteiger charge is -2.21.